The minimum absolute atomic E-state index is 0.191. The Balaban J connectivity index is 1.53. The van der Waals surface area contributed by atoms with Crippen LogP contribution in [0.4, 0.5) is 13.2 Å². The Labute approximate surface area is 176 Å². The van der Waals surface area contributed by atoms with Crippen molar-refractivity contribution in [1.29, 1.82) is 0 Å². The van der Waals surface area contributed by atoms with E-state index in [9.17, 15) is 23.1 Å². The molecule has 0 aromatic heterocycles. The maximum absolute atomic E-state index is 12.2. The molecule has 1 atom stereocenters. The van der Waals surface area contributed by atoms with Gasteiger partial charge in [0.05, 0.1) is 6.61 Å². The zero-order valence-corrected chi connectivity index (χ0v) is 16.8. The number of ether oxygens (including phenoxy) is 3. The zero-order chi connectivity index (χ0) is 21.9. The molecular weight excluding hydrogens is 425 g/mol. The summed E-state index contributed by atoms with van der Waals surface area (Å²) in [6.07, 6.45) is -3.05. The monoisotopic (exact) mass is 444 g/mol. The van der Waals surface area contributed by atoms with Gasteiger partial charge in [-0.05, 0) is 55.2 Å². The van der Waals surface area contributed by atoms with Crippen LogP contribution < -0.4 is 14.2 Å². The summed E-state index contributed by atoms with van der Waals surface area (Å²) in [7, 11) is 0. The van der Waals surface area contributed by atoms with Crippen LogP contribution in [0.5, 0.6) is 17.2 Å². The van der Waals surface area contributed by atoms with Crippen LogP contribution in [0.1, 0.15) is 30.9 Å². The van der Waals surface area contributed by atoms with E-state index >= 15 is 0 Å². The molecule has 9 heteroatoms. The molecule has 1 N–H and O–H groups in total. The van der Waals surface area contributed by atoms with Gasteiger partial charge in [-0.2, -0.15) is 0 Å². The van der Waals surface area contributed by atoms with Crippen LogP contribution >= 0.6 is 11.6 Å². The molecule has 1 aliphatic heterocycles. The first-order chi connectivity index (χ1) is 14.1. The Morgan fingerprint density at radius 1 is 1.23 bits per heavy atom. The lowest BCUT2D eigenvalue weighted by Crippen LogP contribution is -2.42. The molecule has 0 aliphatic carbocycles. The maximum Gasteiger partial charge on any atom is 0.573 e. The summed E-state index contributed by atoms with van der Waals surface area (Å²) >= 11 is 6.03. The first-order valence-electron chi connectivity index (χ1n) is 9.34. The predicted octanol–water partition coefficient (Wildman–Crippen LogP) is 5.42. The second kappa shape index (κ2) is 8.63. The summed E-state index contributed by atoms with van der Waals surface area (Å²) in [6.45, 7) is 2.12. The van der Waals surface area contributed by atoms with Gasteiger partial charge in [0.15, 0.2) is 0 Å². The predicted molar refractivity (Wildman–Crippen MR) is 103 cm³/mol. The van der Waals surface area contributed by atoms with E-state index in [4.69, 9.17) is 21.1 Å². The summed E-state index contributed by atoms with van der Waals surface area (Å²) in [4.78, 5) is 11.5. The van der Waals surface area contributed by atoms with Gasteiger partial charge in [0.25, 0.3) is 0 Å². The lowest BCUT2D eigenvalue weighted by Gasteiger charge is -2.21. The second-order valence-corrected chi connectivity index (χ2v) is 7.36. The summed E-state index contributed by atoms with van der Waals surface area (Å²) in [5, 5.41) is 9.64. The maximum atomic E-state index is 12.2. The number of fused-ring (bicyclic) bond motifs is 1. The Kier molecular flexibility index (Phi) is 6.36. The van der Waals surface area contributed by atoms with Gasteiger partial charge in [0.1, 0.15) is 17.2 Å². The van der Waals surface area contributed by atoms with Crippen LogP contribution in [0.25, 0.3) is 0 Å². The van der Waals surface area contributed by atoms with Gasteiger partial charge >= 0.3 is 12.3 Å². The number of carboxylic acids is 1. The Hall–Kier alpha value is -2.61. The number of rotatable bonds is 8. The van der Waals surface area contributed by atoms with Crippen molar-refractivity contribution in [2.75, 3.05) is 6.61 Å². The van der Waals surface area contributed by atoms with E-state index in [0.717, 1.165) is 11.6 Å². The van der Waals surface area contributed by atoms with Gasteiger partial charge in [-0.15, -0.1) is 13.2 Å². The third-order valence-corrected chi connectivity index (χ3v) is 5.24. The number of aryl methyl sites for hydroxylation is 1. The van der Waals surface area contributed by atoms with E-state index in [1.165, 1.54) is 12.1 Å². The number of hydrogen-bond acceptors (Lipinski definition) is 4. The van der Waals surface area contributed by atoms with Crippen molar-refractivity contribution in [2.45, 2.75) is 44.6 Å². The van der Waals surface area contributed by atoms with E-state index in [2.05, 4.69) is 4.74 Å². The van der Waals surface area contributed by atoms with Crippen LogP contribution in [-0.4, -0.2) is 29.6 Å². The van der Waals surface area contributed by atoms with Crippen molar-refractivity contribution in [3.8, 4) is 17.2 Å². The molecular formula is C21H20ClF3O5. The van der Waals surface area contributed by atoms with Crippen LogP contribution in [0.3, 0.4) is 0 Å². The van der Waals surface area contributed by atoms with Crippen LogP contribution in [0, 0.1) is 0 Å². The van der Waals surface area contributed by atoms with Crippen molar-refractivity contribution < 1.29 is 37.3 Å². The third kappa shape index (κ3) is 5.11. The standard InChI is InChI=1S/C21H20ClF3O5/c1-2-20(19(26)27)12-14-10-15(7-8-18(14)30-20)28-9-3-4-13-5-6-16(11-17(13)22)29-21(23,24)25/h5-8,10-11H,2-4,9,12H2,1H3,(H,26,27). The topological polar surface area (TPSA) is 65.0 Å². The summed E-state index contributed by atoms with van der Waals surface area (Å²) in [5.74, 6) is -0.223. The number of benzene rings is 2. The molecule has 0 saturated heterocycles. The molecule has 30 heavy (non-hydrogen) atoms. The van der Waals surface area contributed by atoms with E-state index in [1.807, 2.05) is 0 Å². The molecule has 2 aromatic rings. The van der Waals surface area contributed by atoms with E-state index < -0.39 is 17.9 Å². The lowest BCUT2D eigenvalue weighted by atomic mass is 9.94. The molecule has 162 valence electrons. The third-order valence-electron chi connectivity index (χ3n) is 4.89. The number of alkyl halides is 3. The molecule has 1 heterocycles. The number of hydrogen-bond donors (Lipinski definition) is 1. The minimum atomic E-state index is -4.76. The van der Waals surface area contributed by atoms with Gasteiger partial charge in [0.2, 0.25) is 5.60 Å². The number of halogens is 4. The Morgan fingerprint density at radius 2 is 1.97 bits per heavy atom. The summed E-state index contributed by atoms with van der Waals surface area (Å²) in [6, 6.07) is 9.02. The first kappa shape index (κ1) is 22.1. The van der Waals surface area contributed by atoms with Gasteiger partial charge in [-0.1, -0.05) is 24.6 Å². The molecule has 0 bridgehead atoms. The fraction of sp³-hybridized carbons (Fsp3) is 0.381. The van der Waals surface area contributed by atoms with Crippen molar-refractivity contribution in [1.82, 2.24) is 0 Å². The highest BCUT2D eigenvalue weighted by molar-refractivity contribution is 6.31. The van der Waals surface area contributed by atoms with Crippen molar-refractivity contribution in [3.63, 3.8) is 0 Å². The lowest BCUT2D eigenvalue weighted by molar-refractivity contribution is -0.274. The van der Waals surface area contributed by atoms with Crippen LogP contribution in [0.15, 0.2) is 36.4 Å². The number of carbonyl (C=O) groups is 1. The van der Waals surface area contributed by atoms with Gasteiger partial charge in [0, 0.05) is 17.0 Å². The molecule has 0 saturated carbocycles. The Morgan fingerprint density at radius 3 is 2.60 bits per heavy atom. The summed E-state index contributed by atoms with van der Waals surface area (Å²) < 4.78 is 52.0. The van der Waals surface area contributed by atoms with E-state index in [0.29, 0.717) is 42.9 Å². The minimum Gasteiger partial charge on any atom is -0.494 e. The largest absolute Gasteiger partial charge is 0.573 e. The molecule has 0 radical (unpaired) electrons. The molecule has 2 aromatic carbocycles. The highest BCUT2D eigenvalue weighted by Crippen LogP contribution is 2.39. The highest BCUT2D eigenvalue weighted by Gasteiger charge is 2.45. The van der Waals surface area contributed by atoms with Crippen molar-refractivity contribution in [3.05, 3.63) is 52.5 Å². The average molecular weight is 445 g/mol. The molecule has 1 aliphatic rings. The molecule has 0 amide bonds. The molecule has 3 rings (SSSR count). The van der Waals surface area contributed by atoms with Crippen LogP contribution in [-0.2, 0) is 17.6 Å². The normalized spacial score (nSPS) is 17.9. The first-order valence-corrected chi connectivity index (χ1v) is 9.72. The van der Waals surface area contributed by atoms with Crippen molar-refractivity contribution >= 4 is 17.6 Å². The van der Waals surface area contributed by atoms with Crippen molar-refractivity contribution in [2.24, 2.45) is 0 Å². The Bertz CT molecular complexity index is 931. The van der Waals surface area contributed by atoms with Crippen LogP contribution in [0.2, 0.25) is 5.02 Å². The molecule has 0 spiro atoms. The summed E-state index contributed by atoms with van der Waals surface area (Å²) in [5.41, 5.74) is 0.228. The SMILES string of the molecule is CCC1(C(=O)O)Cc2cc(OCCCc3ccc(OC(F)(F)F)cc3Cl)ccc2O1. The molecule has 1 unspecified atom stereocenters. The number of aliphatic carboxylic acids is 1. The average Bonchev–Trinajstić information content (AvgIpc) is 3.05. The van der Waals surface area contributed by atoms with Gasteiger partial charge in [-0.3, -0.25) is 0 Å². The fourth-order valence-electron chi connectivity index (χ4n) is 3.29. The molecule has 5 nitrogen and oxygen atoms in total. The van der Waals surface area contributed by atoms with E-state index in [1.54, 1.807) is 25.1 Å². The fourth-order valence-corrected chi connectivity index (χ4v) is 3.55. The van der Waals surface area contributed by atoms with Gasteiger partial charge < -0.3 is 19.3 Å². The smallest absolute Gasteiger partial charge is 0.494 e. The number of carboxylic acid groups (broad SMARTS) is 1. The zero-order valence-electron chi connectivity index (χ0n) is 16.1. The van der Waals surface area contributed by atoms with Gasteiger partial charge in [-0.25, -0.2) is 4.79 Å². The quantitative estimate of drug-likeness (QED) is 0.551. The second-order valence-electron chi connectivity index (χ2n) is 6.95. The molecule has 0 fully saturated rings. The highest BCUT2D eigenvalue weighted by atomic mass is 35.5. The van der Waals surface area contributed by atoms with E-state index in [-0.39, 0.29) is 17.2 Å².